The third-order valence-corrected chi connectivity index (χ3v) is 3.08. The van der Waals surface area contributed by atoms with E-state index in [1.165, 1.54) is 0 Å². The van der Waals surface area contributed by atoms with Crippen LogP contribution in [0, 0.1) is 0 Å². The van der Waals surface area contributed by atoms with E-state index in [0.29, 0.717) is 34.8 Å². The molecule has 0 bridgehead atoms. The van der Waals surface area contributed by atoms with Crippen LogP contribution < -0.4 is 10.2 Å². The first-order chi connectivity index (χ1) is 8.78. The zero-order valence-corrected chi connectivity index (χ0v) is 13.3. The second-order valence-electron chi connectivity index (χ2n) is 4.98. The van der Waals surface area contributed by atoms with Crippen LogP contribution in [0.3, 0.4) is 0 Å². The molecule has 0 fully saturated rings. The van der Waals surface area contributed by atoms with Crippen LogP contribution >= 0.6 is 23.2 Å². The van der Waals surface area contributed by atoms with E-state index >= 15 is 0 Å². The Hall–Kier alpha value is -0.710. The SMILES string of the molecule is CCNc1nc(N(CC)CC(C)(C)O)c(Cl)cc1Cl. The van der Waals surface area contributed by atoms with Gasteiger partial charge in [-0.25, -0.2) is 4.98 Å². The fourth-order valence-corrected chi connectivity index (χ4v) is 2.32. The van der Waals surface area contributed by atoms with E-state index in [1.54, 1.807) is 19.9 Å². The molecule has 6 heteroatoms. The van der Waals surface area contributed by atoms with E-state index in [9.17, 15) is 5.11 Å². The molecule has 0 unspecified atom stereocenters. The van der Waals surface area contributed by atoms with Crippen molar-refractivity contribution < 1.29 is 5.11 Å². The molecule has 1 aromatic heterocycles. The Morgan fingerprint density at radius 2 is 1.95 bits per heavy atom. The number of hydrogen-bond donors (Lipinski definition) is 2. The highest BCUT2D eigenvalue weighted by Crippen LogP contribution is 2.32. The molecule has 0 aliphatic heterocycles. The van der Waals surface area contributed by atoms with E-state index in [4.69, 9.17) is 23.2 Å². The zero-order valence-electron chi connectivity index (χ0n) is 11.8. The molecule has 108 valence electrons. The van der Waals surface area contributed by atoms with Crippen LogP contribution in [0.25, 0.3) is 0 Å². The van der Waals surface area contributed by atoms with Crippen LogP contribution in [0.2, 0.25) is 10.0 Å². The number of aliphatic hydroxyl groups is 1. The summed E-state index contributed by atoms with van der Waals surface area (Å²) in [6.07, 6.45) is 0. The Morgan fingerprint density at radius 1 is 1.32 bits per heavy atom. The Balaban J connectivity index is 3.12. The van der Waals surface area contributed by atoms with Gasteiger partial charge in [0.2, 0.25) is 0 Å². The molecule has 0 saturated carbocycles. The Morgan fingerprint density at radius 3 is 2.42 bits per heavy atom. The number of halogens is 2. The Labute approximate surface area is 124 Å². The van der Waals surface area contributed by atoms with Crippen LogP contribution in [-0.2, 0) is 0 Å². The lowest BCUT2D eigenvalue weighted by atomic mass is 10.1. The number of nitrogens with one attached hydrogen (secondary N) is 1. The van der Waals surface area contributed by atoms with Gasteiger partial charge < -0.3 is 15.3 Å². The van der Waals surface area contributed by atoms with Gasteiger partial charge in [0.25, 0.3) is 0 Å². The molecule has 4 nitrogen and oxygen atoms in total. The summed E-state index contributed by atoms with van der Waals surface area (Å²) in [6, 6.07) is 1.68. The van der Waals surface area contributed by atoms with E-state index in [1.807, 2.05) is 18.7 Å². The second-order valence-corrected chi connectivity index (χ2v) is 5.80. The lowest BCUT2D eigenvalue weighted by Gasteiger charge is -2.30. The fourth-order valence-electron chi connectivity index (χ4n) is 1.77. The van der Waals surface area contributed by atoms with Gasteiger partial charge in [-0.1, -0.05) is 23.2 Å². The maximum Gasteiger partial charge on any atom is 0.150 e. The minimum absolute atomic E-state index is 0.448. The number of aromatic nitrogens is 1. The van der Waals surface area contributed by atoms with Crippen LogP contribution in [0.1, 0.15) is 27.7 Å². The molecule has 2 N–H and O–H groups in total. The molecule has 1 heterocycles. The molecule has 0 saturated heterocycles. The third kappa shape index (κ3) is 4.71. The van der Waals surface area contributed by atoms with Crippen molar-refractivity contribution in [3.63, 3.8) is 0 Å². The van der Waals surface area contributed by atoms with Gasteiger partial charge in [0.15, 0.2) is 0 Å². The minimum atomic E-state index is -0.820. The van der Waals surface area contributed by atoms with Crippen molar-refractivity contribution in [1.82, 2.24) is 4.98 Å². The third-order valence-electron chi connectivity index (χ3n) is 2.51. The number of rotatable bonds is 6. The van der Waals surface area contributed by atoms with Gasteiger partial charge in [-0.2, -0.15) is 0 Å². The first-order valence-corrected chi connectivity index (χ1v) is 7.11. The number of nitrogens with zero attached hydrogens (tertiary/aromatic N) is 2. The van der Waals surface area contributed by atoms with Gasteiger partial charge in [-0.3, -0.25) is 0 Å². The summed E-state index contributed by atoms with van der Waals surface area (Å²) in [6.45, 7) is 9.35. The largest absolute Gasteiger partial charge is 0.389 e. The van der Waals surface area contributed by atoms with Crippen molar-refractivity contribution in [3.05, 3.63) is 16.1 Å². The molecule has 1 rings (SSSR count). The first-order valence-electron chi connectivity index (χ1n) is 6.35. The normalized spacial score (nSPS) is 11.5. The lowest BCUT2D eigenvalue weighted by molar-refractivity contribution is 0.0874. The Kier molecular flexibility index (Phi) is 5.71. The molecule has 0 atom stereocenters. The monoisotopic (exact) mass is 305 g/mol. The van der Waals surface area contributed by atoms with Crippen molar-refractivity contribution >= 4 is 34.8 Å². The van der Waals surface area contributed by atoms with E-state index in [-0.39, 0.29) is 0 Å². The van der Waals surface area contributed by atoms with Crippen molar-refractivity contribution in [3.8, 4) is 0 Å². The molecular formula is C13H21Cl2N3O. The van der Waals surface area contributed by atoms with Crippen molar-refractivity contribution in [2.75, 3.05) is 29.9 Å². The van der Waals surface area contributed by atoms with E-state index in [2.05, 4.69) is 10.3 Å². The summed E-state index contributed by atoms with van der Waals surface area (Å²) in [4.78, 5) is 6.39. The van der Waals surface area contributed by atoms with Gasteiger partial charge in [-0.05, 0) is 33.8 Å². The zero-order chi connectivity index (χ0) is 14.6. The lowest BCUT2D eigenvalue weighted by Crippen LogP contribution is -2.39. The van der Waals surface area contributed by atoms with Crippen molar-refractivity contribution in [2.45, 2.75) is 33.3 Å². The van der Waals surface area contributed by atoms with Gasteiger partial charge in [0, 0.05) is 19.6 Å². The molecule has 0 radical (unpaired) electrons. The minimum Gasteiger partial charge on any atom is -0.389 e. The number of hydrogen-bond acceptors (Lipinski definition) is 4. The van der Waals surface area contributed by atoms with Gasteiger partial charge in [0.1, 0.15) is 11.6 Å². The molecular weight excluding hydrogens is 285 g/mol. The fraction of sp³-hybridized carbons (Fsp3) is 0.615. The van der Waals surface area contributed by atoms with Gasteiger partial charge in [0.05, 0.1) is 15.6 Å². The van der Waals surface area contributed by atoms with E-state index < -0.39 is 5.60 Å². The smallest absolute Gasteiger partial charge is 0.150 e. The predicted octanol–water partition coefficient (Wildman–Crippen LogP) is 3.42. The molecule has 19 heavy (non-hydrogen) atoms. The highest BCUT2D eigenvalue weighted by Gasteiger charge is 2.21. The Bertz CT molecular complexity index is 433. The quantitative estimate of drug-likeness (QED) is 0.845. The summed E-state index contributed by atoms with van der Waals surface area (Å²) >= 11 is 12.3. The topological polar surface area (TPSA) is 48.4 Å². The average Bonchev–Trinajstić information content (AvgIpc) is 2.29. The maximum absolute atomic E-state index is 9.94. The molecule has 0 spiro atoms. The highest BCUT2D eigenvalue weighted by atomic mass is 35.5. The maximum atomic E-state index is 9.94. The number of anilines is 2. The first kappa shape index (κ1) is 16.3. The summed E-state index contributed by atoms with van der Waals surface area (Å²) < 4.78 is 0. The summed E-state index contributed by atoms with van der Waals surface area (Å²) in [5.74, 6) is 1.24. The van der Waals surface area contributed by atoms with Crippen molar-refractivity contribution in [2.24, 2.45) is 0 Å². The number of pyridine rings is 1. The highest BCUT2D eigenvalue weighted by molar-refractivity contribution is 6.37. The summed E-state index contributed by atoms with van der Waals surface area (Å²) in [7, 11) is 0. The van der Waals surface area contributed by atoms with Crippen LogP contribution in [0.15, 0.2) is 6.07 Å². The van der Waals surface area contributed by atoms with Crippen LogP contribution in [-0.4, -0.2) is 35.3 Å². The molecule has 1 aromatic rings. The summed E-state index contributed by atoms with van der Waals surface area (Å²) in [5.41, 5.74) is -0.820. The standard InChI is InChI=1S/C13H21Cl2N3O/c1-5-16-11-9(14)7-10(15)12(17-11)18(6-2)8-13(3,4)19/h7,19H,5-6,8H2,1-4H3,(H,16,17). The molecule has 0 amide bonds. The molecule has 0 aromatic carbocycles. The van der Waals surface area contributed by atoms with Crippen LogP contribution in [0.4, 0.5) is 11.6 Å². The van der Waals surface area contributed by atoms with Gasteiger partial charge >= 0.3 is 0 Å². The van der Waals surface area contributed by atoms with Gasteiger partial charge in [-0.15, -0.1) is 0 Å². The van der Waals surface area contributed by atoms with Crippen LogP contribution in [0.5, 0.6) is 0 Å². The molecule has 0 aliphatic rings. The second kappa shape index (κ2) is 6.64. The predicted molar refractivity (Wildman–Crippen MR) is 82.6 cm³/mol. The number of likely N-dealkylation sites (N-methyl/N-ethyl adjacent to an activating group) is 1. The molecule has 0 aliphatic carbocycles. The average molecular weight is 306 g/mol. The van der Waals surface area contributed by atoms with Crippen molar-refractivity contribution in [1.29, 1.82) is 0 Å². The summed E-state index contributed by atoms with van der Waals surface area (Å²) in [5, 5.41) is 14.0. The van der Waals surface area contributed by atoms with E-state index in [0.717, 1.165) is 6.54 Å².